The van der Waals surface area contributed by atoms with E-state index in [0.29, 0.717) is 30.4 Å². The second kappa shape index (κ2) is 9.25. The van der Waals surface area contributed by atoms with Crippen molar-refractivity contribution < 1.29 is 9.63 Å². The second-order valence-electron chi connectivity index (χ2n) is 7.59. The molecule has 0 aromatic rings. The zero-order chi connectivity index (χ0) is 17.5. The van der Waals surface area contributed by atoms with E-state index in [9.17, 15) is 4.79 Å². The van der Waals surface area contributed by atoms with Crippen LogP contribution >= 0.6 is 0 Å². The fourth-order valence-electron chi connectivity index (χ4n) is 3.96. The zero-order valence-corrected chi connectivity index (χ0v) is 15.5. The first-order chi connectivity index (χ1) is 11.5. The number of piperidine rings is 1. The molecule has 0 unspecified atom stereocenters. The van der Waals surface area contributed by atoms with Crippen LogP contribution in [-0.4, -0.2) is 47.9 Å². The second-order valence-corrected chi connectivity index (χ2v) is 7.59. The van der Waals surface area contributed by atoms with E-state index in [2.05, 4.69) is 36.1 Å². The monoisotopic (exact) mass is 338 g/mol. The number of hydrogen-bond donors (Lipinski definition) is 2. The number of rotatable bonds is 6. The van der Waals surface area contributed by atoms with Gasteiger partial charge in [0.15, 0.2) is 12.4 Å². The van der Waals surface area contributed by atoms with Crippen molar-refractivity contribution in [2.45, 2.75) is 83.8 Å². The van der Waals surface area contributed by atoms with Crippen molar-refractivity contribution in [3.63, 3.8) is 0 Å². The summed E-state index contributed by atoms with van der Waals surface area (Å²) in [5.41, 5.74) is 5.97. The molecule has 1 aliphatic heterocycles. The van der Waals surface area contributed by atoms with Gasteiger partial charge in [-0.25, -0.2) is 0 Å². The van der Waals surface area contributed by atoms with Crippen LogP contribution in [0.15, 0.2) is 5.16 Å². The highest BCUT2D eigenvalue weighted by Gasteiger charge is 2.25. The Balaban J connectivity index is 1.71. The Morgan fingerprint density at radius 1 is 1.12 bits per heavy atom. The molecule has 2 aliphatic rings. The van der Waals surface area contributed by atoms with Gasteiger partial charge in [0.25, 0.3) is 5.91 Å². The molecule has 0 spiro atoms. The van der Waals surface area contributed by atoms with Crippen LogP contribution in [0, 0.1) is 5.92 Å². The minimum Gasteiger partial charge on any atom is -0.384 e. The van der Waals surface area contributed by atoms with Gasteiger partial charge in [-0.05, 0) is 45.4 Å². The Kier molecular flexibility index (Phi) is 7.34. The van der Waals surface area contributed by atoms with Crippen LogP contribution in [-0.2, 0) is 9.63 Å². The lowest BCUT2D eigenvalue weighted by atomic mass is 9.86. The molecule has 1 saturated carbocycles. The van der Waals surface area contributed by atoms with E-state index in [-0.39, 0.29) is 18.6 Å². The zero-order valence-electron chi connectivity index (χ0n) is 15.5. The third-order valence-electron chi connectivity index (χ3n) is 5.56. The molecule has 2 rings (SSSR count). The SMILES string of the molecule is C[C@@H]1CCCC[C@@H]1NC(=O)CO/N=C(/N)CN1[C@H](C)CCC[C@H]1C. The van der Waals surface area contributed by atoms with Gasteiger partial charge in [0.1, 0.15) is 0 Å². The molecule has 0 aromatic carbocycles. The predicted molar refractivity (Wildman–Crippen MR) is 96.6 cm³/mol. The molecule has 2 fully saturated rings. The normalized spacial score (nSPS) is 32.4. The molecule has 6 nitrogen and oxygen atoms in total. The summed E-state index contributed by atoms with van der Waals surface area (Å²) in [5, 5.41) is 6.98. The van der Waals surface area contributed by atoms with Crippen molar-refractivity contribution in [3.8, 4) is 0 Å². The molecule has 4 atom stereocenters. The van der Waals surface area contributed by atoms with Crippen LogP contribution in [0.1, 0.15) is 65.7 Å². The van der Waals surface area contributed by atoms with Crippen molar-refractivity contribution in [3.05, 3.63) is 0 Å². The van der Waals surface area contributed by atoms with Gasteiger partial charge in [0, 0.05) is 18.1 Å². The highest BCUT2D eigenvalue weighted by Crippen LogP contribution is 2.23. The van der Waals surface area contributed by atoms with Crippen molar-refractivity contribution in [1.29, 1.82) is 0 Å². The average Bonchev–Trinajstić information content (AvgIpc) is 2.53. The number of nitrogens with one attached hydrogen (secondary N) is 1. The maximum Gasteiger partial charge on any atom is 0.261 e. The Bertz CT molecular complexity index is 431. The van der Waals surface area contributed by atoms with Crippen molar-refractivity contribution >= 4 is 11.7 Å². The van der Waals surface area contributed by atoms with Crippen molar-refractivity contribution in [2.24, 2.45) is 16.8 Å². The van der Waals surface area contributed by atoms with E-state index in [4.69, 9.17) is 10.6 Å². The van der Waals surface area contributed by atoms with Gasteiger partial charge in [-0.3, -0.25) is 9.69 Å². The summed E-state index contributed by atoms with van der Waals surface area (Å²) in [6, 6.07) is 1.29. The van der Waals surface area contributed by atoms with Crippen LogP contribution in [0.4, 0.5) is 0 Å². The summed E-state index contributed by atoms with van der Waals surface area (Å²) in [5.74, 6) is 0.873. The molecule has 0 bridgehead atoms. The largest absolute Gasteiger partial charge is 0.384 e. The van der Waals surface area contributed by atoms with E-state index in [1.54, 1.807) is 0 Å². The number of likely N-dealkylation sites (tertiary alicyclic amines) is 1. The van der Waals surface area contributed by atoms with E-state index in [1.165, 1.54) is 38.5 Å². The van der Waals surface area contributed by atoms with Gasteiger partial charge in [0.2, 0.25) is 0 Å². The first-order valence-corrected chi connectivity index (χ1v) is 9.46. The van der Waals surface area contributed by atoms with Gasteiger partial charge in [0.05, 0.1) is 6.54 Å². The van der Waals surface area contributed by atoms with E-state index in [1.807, 2.05) is 0 Å². The van der Waals surface area contributed by atoms with Crippen LogP contribution in [0.3, 0.4) is 0 Å². The highest BCUT2D eigenvalue weighted by molar-refractivity contribution is 5.82. The van der Waals surface area contributed by atoms with Crippen LogP contribution in [0.5, 0.6) is 0 Å². The summed E-state index contributed by atoms with van der Waals surface area (Å²) in [6.07, 6.45) is 8.35. The molecular weight excluding hydrogens is 304 g/mol. The van der Waals surface area contributed by atoms with Crippen molar-refractivity contribution in [1.82, 2.24) is 10.2 Å². The molecule has 6 heteroatoms. The fraction of sp³-hybridized carbons (Fsp3) is 0.889. The number of carbonyl (C=O) groups excluding carboxylic acids is 1. The van der Waals surface area contributed by atoms with Gasteiger partial charge in [-0.1, -0.05) is 31.3 Å². The van der Waals surface area contributed by atoms with Crippen molar-refractivity contribution in [2.75, 3.05) is 13.2 Å². The molecule has 138 valence electrons. The number of amides is 1. The van der Waals surface area contributed by atoms with E-state index in [0.717, 1.165) is 6.42 Å². The van der Waals surface area contributed by atoms with E-state index >= 15 is 0 Å². The molecular formula is C18H34N4O2. The maximum absolute atomic E-state index is 12.0. The molecule has 1 amide bonds. The third kappa shape index (κ3) is 5.65. The Morgan fingerprint density at radius 3 is 2.46 bits per heavy atom. The number of amidine groups is 1. The highest BCUT2D eigenvalue weighted by atomic mass is 16.6. The quantitative estimate of drug-likeness (QED) is 0.442. The Morgan fingerprint density at radius 2 is 1.79 bits per heavy atom. The van der Waals surface area contributed by atoms with Crippen LogP contribution in [0.25, 0.3) is 0 Å². The lowest BCUT2D eigenvalue weighted by Crippen LogP contribution is -2.47. The summed E-state index contributed by atoms with van der Waals surface area (Å²) in [7, 11) is 0. The number of nitrogens with two attached hydrogens (primary N) is 1. The summed E-state index contributed by atoms with van der Waals surface area (Å²) >= 11 is 0. The molecule has 1 aliphatic carbocycles. The number of oxime groups is 1. The minimum absolute atomic E-state index is 0.0605. The predicted octanol–water partition coefficient (Wildman–Crippen LogP) is 2.23. The van der Waals surface area contributed by atoms with E-state index < -0.39 is 0 Å². The molecule has 1 heterocycles. The van der Waals surface area contributed by atoms with Crippen LogP contribution < -0.4 is 11.1 Å². The van der Waals surface area contributed by atoms with Gasteiger partial charge in [-0.15, -0.1) is 0 Å². The lowest BCUT2D eigenvalue weighted by molar-refractivity contribution is -0.127. The smallest absolute Gasteiger partial charge is 0.261 e. The van der Waals surface area contributed by atoms with Crippen LogP contribution in [0.2, 0.25) is 0 Å². The van der Waals surface area contributed by atoms with Gasteiger partial charge in [-0.2, -0.15) is 0 Å². The fourth-order valence-corrected chi connectivity index (χ4v) is 3.96. The van der Waals surface area contributed by atoms with Gasteiger partial charge >= 0.3 is 0 Å². The number of nitrogens with zero attached hydrogens (tertiary/aromatic N) is 2. The average molecular weight is 338 g/mol. The minimum atomic E-state index is -0.106. The molecule has 1 saturated heterocycles. The van der Waals surface area contributed by atoms with Gasteiger partial charge < -0.3 is 15.9 Å². The maximum atomic E-state index is 12.0. The standard InChI is InChI=1S/C18H34N4O2/c1-13-7-4-5-10-16(13)20-18(23)12-24-21-17(19)11-22-14(2)8-6-9-15(22)3/h13-16H,4-12H2,1-3H3,(H2,19,21)(H,20,23)/t13-,14-,15-,16+/m1/s1. The molecule has 0 radical (unpaired) electrons. The first-order valence-electron chi connectivity index (χ1n) is 9.46. The topological polar surface area (TPSA) is 79.9 Å². The number of carbonyl (C=O) groups is 1. The first kappa shape index (κ1) is 19.0. The number of hydrogen-bond acceptors (Lipinski definition) is 4. The molecule has 3 N–H and O–H groups in total. The summed E-state index contributed by atoms with van der Waals surface area (Å²) < 4.78 is 0. The summed E-state index contributed by atoms with van der Waals surface area (Å²) in [4.78, 5) is 19.5. The molecule has 24 heavy (non-hydrogen) atoms. The Hall–Kier alpha value is -1.30. The third-order valence-corrected chi connectivity index (χ3v) is 5.56. The Labute approximate surface area is 146 Å². The molecule has 0 aromatic heterocycles. The summed E-state index contributed by atoms with van der Waals surface area (Å²) in [6.45, 7) is 7.19. The lowest BCUT2D eigenvalue weighted by Gasteiger charge is -2.38.